The van der Waals surface area contributed by atoms with Gasteiger partial charge in [-0.3, -0.25) is 4.79 Å². The highest BCUT2D eigenvalue weighted by atomic mass is 32.2. The van der Waals surface area contributed by atoms with E-state index in [0.717, 1.165) is 24.8 Å². The third-order valence-electron chi connectivity index (χ3n) is 5.58. The molecule has 1 aromatic carbocycles. The smallest absolute Gasteiger partial charge is 0.268 e. The van der Waals surface area contributed by atoms with Crippen molar-refractivity contribution < 1.29 is 22.7 Å². The highest BCUT2D eigenvalue weighted by molar-refractivity contribution is 7.89. The molecule has 0 radical (unpaired) electrons. The van der Waals surface area contributed by atoms with Gasteiger partial charge in [0.25, 0.3) is 5.91 Å². The van der Waals surface area contributed by atoms with Gasteiger partial charge < -0.3 is 19.4 Å². The van der Waals surface area contributed by atoms with Gasteiger partial charge in [0.1, 0.15) is 22.1 Å². The Morgan fingerprint density at radius 3 is 2.43 bits per heavy atom. The molecule has 0 saturated carbocycles. The van der Waals surface area contributed by atoms with E-state index >= 15 is 0 Å². The van der Waals surface area contributed by atoms with Crippen LogP contribution in [0, 0.1) is 6.92 Å². The van der Waals surface area contributed by atoms with Crippen LogP contribution in [0.3, 0.4) is 0 Å². The predicted molar refractivity (Wildman–Crippen MR) is 113 cm³/mol. The Kier molecular flexibility index (Phi) is 6.72. The number of nitrogens with zero attached hydrogens (tertiary/aromatic N) is 2. The van der Waals surface area contributed by atoms with Crippen LogP contribution in [0.2, 0.25) is 0 Å². The average Bonchev–Trinajstić information content (AvgIpc) is 3.07. The first-order valence-corrected chi connectivity index (χ1v) is 11.4. The molecule has 1 N–H and O–H groups in total. The van der Waals surface area contributed by atoms with Crippen LogP contribution in [0.25, 0.3) is 0 Å². The standard InChI is InChI=1S/C21H29N3O5S/c1-15-20(30(26,27)24-10-6-5-7-11-24)13-18(23(15)2)21(25)22-14-16-12-17(28-3)8-9-19(16)29-4/h8-9,12-13H,5-7,10-11,14H2,1-4H3,(H,22,25). The molecule has 1 aromatic heterocycles. The van der Waals surface area contributed by atoms with Crippen LogP contribution in [-0.2, 0) is 23.6 Å². The zero-order chi connectivity index (χ0) is 21.9. The fraction of sp³-hybridized carbons (Fsp3) is 0.476. The van der Waals surface area contributed by atoms with Gasteiger partial charge in [-0.15, -0.1) is 0 Å². The van der Waals surface area contributed by atoms with Crippen molar-refractivity contribution in [3.05, 3.63) is 41.2 Å². The average molecular weight is 436 g/mol. The van der Waals surface area contributed by atoms with Crippen molar-refractivity contribution in [3.63, 3.8) is 0 Å². The van der Waals surface area contributed by atoms with E-state index in [2.05, 4.69) is 5.32 Å². The van der Waals surface area contributed by atoms with E-state index in [0.29, 0.717) is 36.0 Å². The highest BCUT2D eigenvalue weighted by Gasteiger charge is 2.30. The molecule has 1 aliphatic rings. The predicted octanol–water partition coefficient (Wildman–Crippen LogP) is 2.46. The molecule has 2 heterocycles. The summed E-state index contributed by atoms with van der Waals surface area (Å²) in [7, 11) is 1.21. The number of amides is 1. The summed E-state index contributed by atoms with van der Waals surface area (Å²) in [5.41, 5.74) is 1.60. The summed E-state index contributed by atoms with van der Waals surface area (Å²) in [5.74, 6) is 0.933. The normalized spacial score (nSPS) is 15.1. The molecule has 164 valence electrons. The SMILES string of the molecule is COc1ccc(OC)c(CNC(=O)c2cc(S(=O)(=O)N3CCCCC3)c(C)n2C)c1. The molecule has 1 fully saturated rings. The number of hydrogen-bond acceptors (Lipinski definition) is 5. The molecule has 1 amide bonds. The van der Waals surface area contributed by atoms with E-state index in [1.807, 2.05) is 0 Å². The van der Waals surface area contributed by atoms with E-state index < -0.39 is 10.0 Å². The lowest BCUT2D eigenvalue weighted by Gasteiger charge is -2.25. The maximum atomic E-state index is 13.1. The zero-order valence-electron chi connectivity index (χ0n) is 17.9. The van der Waals surface area contributed by atoms with Crippen LogP contribution >= 0.6 is 0 Å². The van der Waals surface area contributed by atoms with Gasteiger partial charge in [-0.1, -0.05) is 6.42 Å². The van der Waals surface area contributed by atoms with Crippen molar-refractivity contribution in [3.8, 4) is 11.5 Å². The summed E-state index contributed by atoms with van der Waals surface area (Å²) in [4.78, 5) is 13.0. The number of rotatable bonds is 7. The summed E-state index contributed by atoms with van der Waals surface area (Å²) in [6.45, 7) is 2.98. The number of hydrogen-bond donors (Lipinski definition) is 1. The van der Waals surface area contributed by atoms with Crippen molar-refractivity contribution in [1.82, 2.24) is 14.2 Å². The van der Waals surface area contributed by atoms with Gasteiger partial charge in [0, 0.05) is 37.9 Å². The number of sulfonamides is 1. The maximum Gasteiger partial charge on any atom is 0.268 e. The van der Waals surface area contributed by atoms with Crippen molar-refractivity contribution in [2.24, 2.45) is 7.05 Å². The van der Waals surface area contributed by atoms with E-state index in [-0.39, 0.29) is 17.3 Å². The quantitative estimate of drug-likeness (QED) is 0.722. The third-order valence-corrected chi connectivity index (χ3v) is 7.60. The molecular formula is C21H29N3O5S. The van der Waals surface area contributed by atoms with Gasteiger partial charge in [0.2, 0.25) is 10.0 Å². The van der Waals surface area contributed by atoms with Gasteiger partial charge in [-0.05, 0) is 44.0 Å². The van der Waals surface area contributed by atoms with E-state index in [9.17, 15) is 13.2 Å². The summed E-state index contributed by atoms with van der Waals surface area (Å²) in [5, 5.41) is 2.85. The molecule has 0 aliphatic carbocycles. The number of carbonyl (C=O) groups is 1. The van der Waals surface area contributed by atoms with Gasteiger partial charge >= 0.3 is 0 Å². The second kappa shape index (κ2) is 9.09. The lowest BCUT2D eigenvalue weighted by atomic mass is 10.2. The zero-order valence-corrected chi connectivity index (χ0v) is 18.7. The molecule has 0 spiro atoms. The molecule has 0 unspecified atom stereocenters. The van der Waals surface area contributed by atoms with Gasteiger partial charge in [-0.25, -0.2) is 8.42 Å². The molecule has 8 nitrogen and oxygen atoms in total. The van der Waals surface area contributed by atoms with E-state index in [1.54, 1.807) is 51.0 Å². The Hall–Kier alpha value is -2.52. The minimum atomic E-state index is -3.62. The minimum absolute atomic E-state index is 0.191. The molecule has 0 bridgehead atoms. The molecule has 1 saturated heterocycles. The first-order chi connectivity index (χ1) is 14.3. The minimum Gasteiger partial charge on any atom is -0.497 e. The van der Waals surface area contributed by atoms with Crippen molar-refractivity contribution in [2.45, 2.75) is 37.6 Å². The molecule has 3 rings (SSSR count). The Labute approximate surface area is 177 Å². The first kappa shape index (κ1) is 22.2. The monoisotopic (exact) mass is 435 g/mol. The number of carbonyl (C=O) groups excluding carboxylic acids is 1. The summed E-state index contributed by atoms with van der Waals surface area (Å²) in [6, 6.07) is 6.82. The molecule has 30 heavy (non-hydrogen) atoms. The number of piperidine rings is 1. The van der Waals surface area contributed by atoms with E-state index in [4.69, 9.17) is 9.47 Å². The van der Waals surface area contributed by atoms with Crippen LogP contribution in [0.1, 0.15) is 41.0 Å². The van der Waals surface area contributed by atoms with Crippen LogP contribution in [0.5, 0.6) is 11.5 Å². The lowest BCUT2D eigenvalue weighted by molar-refractivity contribution is 0.0942. The van der Waals surface area contributed by atoms with Gasteiger partial charge in [0.05, 0.1) is 14.2 Å². The summed E-state index contributed by atoms with van der Waals surface area (Å²) in [6.07, 6.45) is 2.77. The first-order valence-electron chi connectivity index (χ1n) is 9.95. The number of methoxy groups -OCH3 is 2. The largest absolute Gasteiger partial charge is 0.497 e. The fourth-order valence-electron chi connectivity index (χ4n) is 3.68. The Bertz CT molecular complexity index is 1020. The molecule has 0 atom stereocenters. The van der Waals surface area contributed by atoms with Crippen molar-refractivity contribution in [2.75, 3.05) is 27.3 Å². The summed E-state index contributed by atoms with van der Waals surface area (Å²) >= 11 is 0. The Morgan fingerprint density at radius 1 is 1.10 bits per heavy atom. The van der Waals surface area contributed by atoms with Crippen LogP contribution in [-0.4, -0.2) is 50.5 Å². The van der Waals surface area contributed by atoms with Crippen molar-refractivity contribution >= 4 is 15.9 Å². The number of nitrogens with one attached hydrogen (secondary N) is 1. The lowest BCUT2D eigenvalue weighted by Crippen LogP contribution is -2.35. The molecular weight excluding hydrogens is 406 g/mol. The molecule has 2 aromatic rings. The van der Waals surface area contributed by atoms with Crippen LogP contribution < -0.4 is 14.8 Å². The van der Waals surface area contributed by atoms with Gasteiger partial charge in [0.15, 0.2) is 0 Å². The molecule has 9 heteroatoms. The van der Waals surface area contributed by atoms with Crippen LogP contribution in [0.15, 0.2) is 29.2 Å². The van der Waals surface area contributed by atoms with Gasteiger partial charge in [-0.2, -0.15) is 4.31 Å². The Balaban J connectivity index is 1.82. The highest BCUT2D eigenvalue weighted by Crippen LogP contribution is 2.27. The molecule has 1 aliphatic heterocycles. The second-order valence-corrected chi connectivity index (χ2v) is 9.27. The Morgan fingerprint density at radius 2 is 1.80 bits per heavy atom. The van der Waals surface area contributed by atoms with Crippen LogP contribution in [0.4, 0.5) is 0 Å². The van der Waals surface area contributed by atoms with E-state index in [1.165, 1.54) is 10.4 Å². The fourth-order valence-corrected chi connectivity index (χ4v) is 5.47. The summed E-state index contributed by atoms with van der Waals surface area (Å²) < 4.78 is 39.9. The maximum absolute atomic E-state index is 13.1. The van der Waals surface area contributed by atoms with Crippen molar-refractivity contribution in [1.29, 1.82) is 0 Å². The second-order valence-electron chi connectivity index (χ2n) is 7.36. The third kappa shape index (κ3) is 4.32. The topological polar surface area (TPSA) is 89.9 Å². The number of benzene rings is 1. The number of aromatic nitrogens is 1. The number of ether oxygens (including phenoxy) is 2.